The van der Waals surface area contributed by atoms with Crippen LogP contribution in [0.1, 0.15) is 33.6 Å². The van der Waals surface area contributed by atoms with Gasteiger partial charge in [0.15, 0.2) is 0 Å². The number of likely N-dealkylation sites (tertiary alicyclic amines) is 1. The molecule has 0 spiro atoms. The first-order chi connectivity index (χ1) is 9.44. The summed E-state index contributed by atoms with van der Waals surface area (Å²) in [6.07, 6.45) is 6.98. The molecule has 1 aromatic heterocycles. The van der Waals surface area contributed by atoms with Crippen molar-refractivity contribution in [3.63, 3.8) is 0 Å². The molecule has 0 N–H and O–H groups in total. The van der Waals surface area contributed by atoms with Crippen molar-refractivity contribution in [2.24, 2.45) is 0 Å². The van der Waals surface area contributed by atoms with Crippen LogP contribution in [0.3, 0.4) is 0 Å². The average Bonchev–Trinajstić information content (AvgIpc) is 2.38. The third kappa shape index (κ3) is 4.67. The second-order valence-corrected chi connectivity index (χ2v) is 7.17. The molecule has 2 heterocycles. The summed E-state index contributed by atoms with van der Waals surface area (Å²) in [6.45, 7) is 7.14. The van der Waals surface area contributed by atoms with Crippen molar-refractivity contribution >= 4 is 17.9 Å². The average molecular weight is 295 g/mol. The molecule has 0 saturated carbocycles. The monoisotopic (exact) mass is 295 g/mol. The molecule has 0 radical (unpaired) electrons. The minimum atomic E-state index is -0.442. The Bertz CT molecular complexity index is 447. The van der Waals surface area contributed by atoms with Crippen molar-refractivity contribution in [3.05, 3.63) is 18.6 Å². The van der Waals surface area contributed by atoms with Crippen molar-refractivity contribution in [2.45, 2.75) is 49.5 Å². The molecule has 1 atom stereocenters. The Morgan fingerprint density at radius 3 is 2.90 bits per heavy atom. The van der Waals surface area contributed by atoms with Gasteiger partial charge in [-0.1, -0.05) is 11.8 Å². The van der Waals surface area contributed by atoms with Crippen molar-refractivity contribution in [1.82, 2.24) is 14.9 Å². The summed E-state index contributed by atoms with van der Waals surface area (Å²) in [6, 6.07) is 0. The highest BCUT2D eigenvalue weighted by atomic mass is 32.2. The van der Waals surface area contributed by atoms with E-state index in [0.717, 1.165) is 24.4 Å². The zero-order valence-electron chi connectivity index (χ0n) is 12.2. The highest BCUT2D eigenvalue weighted by molar-refractivity contribution is 7.99. The van der Waals surface area contributed by atoms with Gasteiger partial charge in [-0.15, -0.1) is 0 Å². The van der Waals surface area contributed by atoms with Crippen molar-refractivity contribution in [2.75, 3.05) is 13.1 Å². The van der Waals surface area contributed by atoms with Crippen LogP contribution in [0, 0.1) is 0 Å². The van der Waals surface area contributed by atoms with Gasteiger partial charge in [-0.05, 0) is 33.6 Å². The molecule has 1 aliphatic heterocycles. The summed E-state index contributed by atoms with van der Waals surface area (Å²) in [7, 11) is 0. The van der Waals surface area contributed by atoms with Crippen LogP contribution in [0.5, 0.6) is 0 Å². The molecular weight excluding hydrogens is 274 g/mol. The van der Waals surface area contributed by atoms with Crippen molar-refractivity contribution in [1.29, 1.82) is 0 Å². The molecule has 1 aromatic rings. The van der Waals surface area contributed by atoms with Gasteiger partial charge in [-0.2, -0.15) is 0 Å². The summed E-state index contributed by atoms with van der Waals surface area (Å²) in [5, 5.41) is 1.26. The molecule has 110 valence electrons. The second-order valence-electron chi connectivity index (χ2n) is 5.85. The lowest BCUT2D eigenvalue weighted by molar-refractivity contribution is 0.0220. The lowest BCUT2D eigenvalue weighted by Crippen LogP contribution is -2.43. The molecule has 6 heteroatoms. The number of thioether (sulfide) groups is 1. The second kappa shape index (κ2) is 6.43. The fourth-order valence-electron chi connectivity index (χ4n) is 2.04. The van der Waals surface area contributed by atoms with E-state index in [1.165, 1.54) is 0 Å². The maximum Gasteiger partial charge on any atom is 0.410 e. The van der Waals surface area contributed by atoms with Gasteiger partial charge in [0.2, 0.25) is 0 Å². The summed E-state index contributed by atoms with van der Waals surface area (Å²) in [5.74, 6) is 0. The Morgan fingerprint density at radius 2 is 2.25 bits per heavy atom. The quantitative estimate of drug-likeness (QED) is 0.839. The molecule has 5 nitrogen and oxygen atoms in total. The van der Waals surface area contributed by atoms with Crippen LogP contribution < -0.4 is 0 Å². The third-order valence-corrected chi connectivity index (χ3v) is 4.03. The highest BCUT2D eigenvalue weighted by Crippen LogP contribution is 2.28. The first-order valence-corrected chi connectivity index (χ1v) is 7.72. The van der Waals surface area contributed by atoms with E-state index in [2.05, 4.69) is 9.97 Å². The van der Waals surface area contributed by atoms with Gasteiger partial charge in [0, 0.05) is 30.7 Å². The Labute approximate surface area is 124 Å². The molecule has 1 saturated heterocycles. The molecule has 0 bridgehead atoms. The van der Waals surface area contributed by atoms with Gasteiger partial charge in [0.25, 0.3) is 0 Å². The SMILES string of the molecule is CC(C)(C)OC(=O)N1CCC[C@@H](Sc2cnccn2)C1. The molecule has 1 fully saturated rings. The fraction of sp³-hybridized carbons (Fsp3) is 0.643. The lowest BCUT2D eigenvalue weighted by atomic mass is 10.1. The Kier molecular flexibility index (Phi) is 4.86. The van der Waals surface area contributed by atoms with Crippen LogP contribution >= 0.6 is 11.8 Å². The maximum atomic E-state index is 12.1. The van der Waals surface area contributed by atoms with E-state index >= 15 is 0 Å². The summed E-state index contributed by atoms with van der Waals surface area (Å²) in [5.41, 5.74) is -0.442. The topological polar surface area (TPSA) is 55.3 Å². The van der Waals surface area contributed by atoms with E-state index in [9.17, 15) is 4.79 Å². The third-order valence-electron chi connectivity index (χ3n) is 2.86. The van der Waals surface area contributed by atoms with Crippen LogP contribution in [-0.4, -0.2) is 44.9 Å². The van der Waals surface area contributed by atoms with Gasteiger partial charge in [-0.3, -0.25) is 4.98 Å². The van der Waals surface area contributed by atoms with E-state index in [1.807, 2.05) is 20.8 Å². The summed E-state index contributed by atoms with van der Waals surface area (Å²) in [4.78, 5) is 22.2. The fourth-order valence-corrected chi connectivity index (χ4v) is 3.17. The predicted molar refractivity (Wildman–Crippen MR) is 78.7 cm³/mol. The predicted octanol–water partition coefficient (Wildman–Crippen LogP) is 2.97. The highest BCUT2D eigenvalue weighted by Gasteiger charge is 2.28. The number of ether oxygens (including phenoxy) is 1. The Balaban J connectivity index is 1.90. The first-order valence-electron chi connectivity index (χ1n) is 6.84. The number of carbonyl (C=O) groups is 1. The van der Waals surface area contributed by atoms with E-state index < -0.39 is 5.60 Å². The van der Waals surface area contributed by atoms with E-state index in [4.69, 9.17) is 4.74 Å². The molecule has 1 aliphatic rings. The summed E-state index contributed by atoms with van der Waals surface area (Å²) >= 11 is 1.68. The smallest absolute Gasteiger partial charge is 0.410 e. The number of carbonyl (C=O) groups excluding carboxylic acids is 1. The zero-order valence-corrected chi connectivity index (χ0v) is 13.0. The van der Waals surface area contributed by atoms with Crippen LogP contribution in [-0.2, 0) is 4.74 Å². The number of aromatic nitrogens is 2. The van der Waals surface area contributed by atoms with E-state index in [0.29, 0.717) is 11.8 Å². The minimum Gasteiger partial charge on any atom is -0.444 e. The van der Waals surface area contributed by atoms with Gasteiger partial charge in [-0.25, -0.2) is 9.78 Å². The van der Waals surface area contributed by atoms with Gasteiger partial charge in [0.1, 0.15) is 10.6 Å². The first kappa shape index (κ1) is 15.1. The van der Waals surface area contributed by atoms with E-state index in [-0.39, 0.29) is 6.09 Å². The molecule has 0 aromatic carbocycles. The van der Waals surface area contributed by atoms with Gasteiger partial charge < -0.3 is 9.64 Å². The normalized spacial score (nSPS) is 19.8. The van der Waals surface area contributed by atoms with Crippen molar-refractivity contribution in [3.8, 4) is 0 Å². The number of rotatable bonds is 2. The van der Waals surface area contributed by atoms with Crippen LogP contribution in [0.2, 0.25) is 0 Å². The minimum absolute atomic E-state index is 0.220. The largest absolute Gasteiger partial charge is 0.444 e. The molecule has 1 amide bonds. The lowest BCUT2D eigenvalue weighted by Gasteiger charge is -2.33. The molecule has 2 rings (SSSR count). The Hall–Kier alpha value is -1.30. The van der Waals surface area contributed by atoms with Crippen LogP contribution in [0.15, 0.2) is 23.6 Å². The summed E-state index contributed by atoms with van der Waals surface area (Å²) < 4.78 is 5.43. The molecule has 0 unspecified atom stereocenters. The van der Waals surface area contributed by atoms with Crippen LogP contribution in [0.4, 0.5) is 4.79 Å². The van der Waals surface area contributed by atoms with E-state index in [1.54, 1.807) is 35.3 Å². The molecular formula is C14H21N3O2S. The number of nitrogens with zero attached hydrogens (tertiary/aromatic N) is 3. The number of amides is 1. The molecule has 0 aliphatic carbocycles. The molecule has 20 heavy (non-hydrogen) atoms. The maximum absolute atomic E-state index is 12.1. The van der Waals surface area contributed by atoms with Crippen LogP contribution in [0.25, 0.3) is 0 Å². The number of piperidine rings is 1. The van der Waals surface area contributed by atoms with Gasteiger partial charge in [0.05, 0.1) is 6.20 Å². The zero-order chi connectivity index (χ0) is 14.6. The Morgan fingerprint density at radius 1 is 1.45 bits per heavy atom. The van der Waals surface area contributed by atoms with Crippen molar-refractivity contribution < 1.29 is 9.53 Å². The number of hydrogen-bond acceptors (Lipinski definition) is 5. The van der Waals surface area contributed by atoms with Gasteiger partial charge >= 0.3 is 6.09 Å². The number of hydrogen-bond donors (Lipinski definition) is 0. The standard InChI is InChI=1S/C14H21N3O2S/c1-14(2,3)19-13(18)17-8-4-5-11(10-17)20-12-9-15-6-7-16-12/h6-7,9,11H,4-5,8,10H2,1-3H3/t11-/m1/s1.